The summed E-state index contributed by atoms with van der Waals surface area (Å²) in [5, 5.41) is 9.16. The maximum atomic E-state index is 9.16. The Morgan fingerprint density at radius 1 is 1.27 bits per heavy atom. The molecule has 66 valence electrons. The molecule has 0 saturated heterocycles. The van der Waals surface area contributed by atoms with Crippen LogP contribution in [-0.4, -0.2) is 11.2 Å². The highest BCUT2D eigenvalue weighted by Gasteiger charge is 1.94. The molecule has 0 spiro atoms. The van der Waals surface area contributed by atoms with Crippen molar-refractivity contribution in [2.24, 2.45) is 0 Å². The van der Waals surface area contributed by atoms with Crippen LogP contribution in [0.4, 0.5) is 0 Å². The molecule has 0 aliphatic heterocycles. The molecule has 0 rings (SSSR count). The summed E-state index contributed by atoms with van der Waals surface area (Å²) in [6, 6.07) is 0. The molecule has 1 nitrogen and oxygen atoms in total. The third-order valence-corrected chi connectivity index (χ3v) is 1.77. The maximum absolute atomic E-state index is 9.16. The van der Waals surface area contributed by atoms with Gasteiger partial charge in [-0.25, -0.2) is 0 Å². The van der Waals surface area contributed by atoms with Crippen LogP contribution in [-0.2, 0) is 0 Å². The van der Waals surface area contributed by atoms with Gasteiger partial charge in [0.1, 0.15) is 0 Å². The molecule has 0 aromatic heterocycles. The standard InChI is InChI=1S/C10H20O/c1-3-5-6-7-8-9-10(11)4-2/h7-8,10-11H,3-6,9H2,1-2H3/b8-7-. The van der Waals surface area contributed by atoms with E-state index in [0.29, 0.717) is 0 Å². The van der Waals surface area contributed by atoms with E-state index < -0.39 is 0 Å². The predicted octanol–water partition coefficient (Wildman–Crippen LogP) is 2.89. The largest absolute Gasteiger partial charge is 0.393 e. The Bertz CT molecular complexity index is 97.0. The average Bonchev–Trinajstić information content (AvgIpc) is 2.04. The first-order chi connectivity index (χ1) is 5.31. The van der Waals surface area contributed by atoms with Gasteiger partial charge in [0.25, 0.3) is 0 Å². The van der Waals surface area contributed by atoms with E-state index in [1.165, 1.54) is 12.8 Å². The third kappa shape index (κ3) is 7.60. The molecule has 1 unspecified atom stereocenters. The van der Waals surface area contributed by atoms with Crippen molar-refractivity contribution in [2.75, 3.05) is 0 Å². The van der Waals surface area contributed by atoms with E-state index in [2.05, 4.69) is 19.1 Å². The number of unbranched alkanes of at least 4 members (excludes halogenated alkanes) is 2. The van der Waals surface area contributed by atoms with Crippen molar-refractivity contribution in [1.29, 1.82) is 0 Å². The smallest absolute Gasteiger partial charge is 0.0572 e. The van der Waals surface area contributed by atoms with Crippen molar-refractivity contribution in [1.82, 2.24) is 0 Å². The second-order valence-electron chi connectivity index (χ2n) is 2.91. The van der Waals surface area contributed by atoms with Crippen molar-refractivity contribution in [3.63, 3.8) is 0 Å². The number of rotatable bonds is 6. The summed E-state index contributed by atoms with van der Waals surface area (Å²) in [4.78, 5) is 0. The number of aliphatic hydroxyl groups excluding tert-OH is 1. The van der Waals surface area contributed by atoms with E-state index in [0.717, 1.165) is 19.3 Å². The van der Waals surface area contributed by atoms with E-state index in [1.807, 2.05) is 6.92 Å². The van der Waals surface area contributed by atoms with Crippen molar-refractivity contribution >= 4 is 0 Å². The van der Waals surface area contributed by atoms with Crippen LogP contribution in [0.5, 0.6) is 0 Å². The molecule has 0 aliphatic rings. The first kappa shape index (κ1) is 10.7. The van der Waals surface area contributed by atoms with Crippen molar-refractivity contribution in [3.8, 4) is 0 Å². The fraction of sp³-hybridized carbons (Fsp3) is 0.800. The highest BCUT2D eigenvalue weighted by atomic mass is 16.3. The SMILES string of the molecule is CCCC/C=C\CC(O)CC. The van der Waals surface area contributed by atoms with Gasteiger partial charge in [-0.2, -0.15) is 0 Å². The Balaban J connectivity index is 3.15. The molecular weight excluding hydrogens is 136 g/mol. The zero-order valence-corrected chi connectivity index (χ0v) is 7.71. The Morgan fingerprint density at radius 3 is 2.55 bits per heavy atom. The van der Waals surface area contributed by atoms with Crippen molar-refractivity contribution in [2.45, 2.75) is 52.1 Å². The van der Waals surface area contributed by atoms with Gasteiger partial charge >= 0.3 is 0 Å². The maximum Gasteiger partial charge on any atom is 0.0572 e. The number of allylic oxidation sites excluding steroid dienone is 1. The van der Waals surface area contributed by atoms with E-state index in [1.54, 1.807) is 0 Å². The molecule has 0 radical (unpaired) electrons. The number of hydrogen-bond donors (Lipinski definition) is 1. The molecule has 0 heterocycles. The van der Waals surface area contributed by atoms with Crippen LogP contribution < -0.4 is 0 Å². The van der Waals surface area contributed by atoms with Gasteiger partial charge in [-0.1, -0.05) is 38.8 Å². The first-order valence-corrected chi connectivity index (χ1v) is 4.64. The quantitative estimate of drug-likeness (QED) is 0.463. The molecule has 11 heavy (non-hydrogen) atoms. The zero-order chi connectivity index (χ0) is 8.53. The van der Waals surface area contributed by atoms with Gasteiger partial charge < -0.3 is 5.11 Å². The van der Waals surface area contributed by atoms with E-state index in [9.17, 15) is 0 Å². The summed E-state index contributed by atoms with van der Waals surface area (Å²) >= 11 is 0. The van der Waals surface area contributed by atoms with Gasteiger partial charge in [-0.3, -0.25) is 0 Å². The molecule has 1 heteroatoms. The zero-order valence-electron chi connectivity index (χ0n) is 7.71. The van der Waals surface area contributed by atoms with E-state index in [4.69, 9.17) is 5.11 Å². The Hall–Kier alpha value is -0.300. The van der Waals surface area contributed by atoms with Crippen LogP contribution in [0.2, 0.25) is 0 Å². The van der Waals surface area contributed by atoms with E-state index >= 15 is 0 Å². The fourth-order valence-electron chi connectivity index (χ4n) is 0.860. The lowest BCUT2D eigenvalue weighted by molar-refractivity contribution is 0.173. The second kappa shape index (κ2) is 7.80. The monoisotopic (exact) mass is 156 g/mol. The molecule has 0 amide bonds. The lowest BCUT2D eigenvalue weighted by Gasteiger charge is -2.01. The minimum Gasteiger partial charge on any atom is -0.393 e. The summed E-state index contributed by atoms with van der Waals surface area (Å²) < 4.78 is 0. The molecule has 0 aromatic carbocycles. The van der Waals surface area contributed by atoms with Gasteiger partial charge in [-0.15, -0.1) is 0 Å². The summed E-state index contributed by atoms with van der Waals surface area (Å²) in [5.74, 6) is 0. The molecule has 0 aromatic rings. The molecule has 0 aliphatic carbocycles. The van der Waals surface area contributed by atoms with Gasteiger partial charge in [-0.05, 0) is 19.3 Å². The molecular formula is C10H20O. The first-order valence-electron chi connectivity index (χ1n) is 4.64. The number of hydrogen-bond acceptors (Lipinski definition) is 1. The van der Waals surface area contributed by atoms with Crippen LogP contribution in [0.25, 0.3) is 0 Å². The highest BCUT2D eigenvalue weighted by molar-refractivity contribution is 4.83. The normalized spacial score (nSPS) is 14.1. The Labute approximate surface area is 70.1 Å². The molecule has 1 atom stereocenters. The summed E-state index contributed by atoms with van der Waals surface area (Å²) in [7, 11) is 0. The molecule has 0 saturated carbocycles. The molecule has 0 fully saturated rings. The lowest BCUT2D eigenvalue weighted by Crippen LogP contribution is -2.00. The van der Waals surface area contributed by atoms with Crippen LogP contribution in [0, 0.1) is 0 Å². The van der Waals surface area contributed by atoms with Crippen molar-refractivity contribution < 1.29 is 5.11 Å². The van der Waals surface area contributed by atoms with Gasteiger partial charge in [0.2, 0.25) is 0 Å². The van der Waals surface area contributed by atoms with Gasteiger partial charge in [0, 0.05) is 0 Å². The van der Waals surface area contributed by atoms with Crippen LogP contribution >= 0.6 is 0 Å². The molecule has 1 N–H and O–H groups in total. The lowest BCUT2D eigenvalue weighted by atomic mass is 10.1. The average molecular weight is 156 g/mol. The second-order valence-corrected chi connectivity index (χ2v) is 2.91. The number of aliphatic hydroxyl groups is 1. The van der Waals surface area contributed by atoms with Gasteiger partial charge in [0.15, 0.2) is 0 Å². The van der Waals surface area contributed by atoms with Crippen molar-refractivity contribution in [3.05, 3.63) is 12.2 Å². The van der Waals surface area contributed by atoms with Crippen LogP contribution in [0.1, 0.15) is 46.0 Å². The minimum atomic E-state index is -0.132. The highest BCUT2D eigenvalue weighted by Crippen LogP contribution is 2.00. The summed E-state index contributed by atoms with van der Waals surface area (Å²) in [6.45, 7) is 4.19. The topological polar surface area (TPSA) is 20.2 Å². The third-order valence-electron chi connectivity index (χ3n) is 1.77. The minimum absolute atomic E-state index is 0.132. The Kier molecular flexibility index (Phi) is 7.59. The predicted molar refractivity (Wildman–Crippen MR) is 49.6 cm³/mol. The Morgan fingerprint density at radius 2 is 2.00 bits per heavy atom. The summed E-state index contributed by atoms with van der Waals surface area (Å²) in [6.07, 6.45) is 9.48. The van der Waals surface area contributed by atoms with E-state index in [-0.39, 0.29) is 6.10 Å². The molecule has 0 bridgehead atoms. The van der Waals surface area contributed by atoms with Crippen LogP contribution in [0.15, 0.2) is 12.2 Å². The fourth-order valence-corrected chi connectivity index (χ4v) is 0.860. The summed E-state index contributed by atoms with van der Waals surface area (Å²) in [5.41, 5.74) is 0. The van der Waals surface area contributed by atoms with Crippen LogP contribution in [0.3, 0.4) is 0 Å². The van der Waals surface area contributed by atoms with Gasteiger partial charge in [0.05, 0.1) is 6.10 Å².